The topological polar surface area (TPSA) is 99.4 Å². The van der Waals surface area contributed by atoms with Crippen molar-refractivity contribution in [1.29, 1.82) is 0 Å². The van der Waals surface area contributed by atoms with Gasteiger partial charge in [0.1, 0.15) is 0 Å². The first-order chi connectivity index (χ1) is 12.0. The molecule has 3 aromatic rings. The second-order valence-electron chi connectivity index (χ2n) is 5.00. The lowest BCUT2D eigenvalue weighted by molar-refractivity contribution is 0.0455. The summed E-state index contributed by atoms with van der Waals surface area (Å²) in [7, 11) is -3.53. The molecule has 130 valence electrons. The largest absolute Gasteiger partial charge is 0.454 e. The zero-order valence-electron chi connectivity index (χ0n) is 13.2. The number of carbonyl (C=O) groups excluding carboxylic acids is 1. The summed E-state index contributed by atoms with van der Waals surface area (Å²) in [6, 6.07) is 7.77. The zero-order valence-corrected chi connectivity index (χ0v) is 14.8. The minimum Gasteiger partial charge on any atom is -0.454 e. The van der Waals surface area contributed by atoms with E-state index >= 15 is 0 Å². The Hall–Kier alpha value is -2.52. The van der Waals surface area contributed by atoms with E-state index in [4.69, 9.17) is 9.26 Å². The van der Waals surface area contributed by atoms with Crippen LogP contribution in [0, 0.1) is 0 Å². The molecule has 0 aliphatic heterocycles. The lowest BCUT2D eigenvalue weighted by Crippen LogP contribution is -2.13. The number of esters is 1. The normalized spacial score (nSPS) is 11.4. The number of hydrogen-bond acceptors (Lipinski definition) is 8. The predicted octanol–water partition coefficient (Wildman–Crippen LogP) is 2.95. The van der Waals surface area contributed by atoms with E-state index in [1.807, 2.05) is 16.8 Å². The fraction of sp³-hybridized carbons (Fsp3) is 0.188. The Kier molecular flexibility index (Phi) is 4.95. The quantitative estimate of drug-likeness (QED) is 0.608. The standard InChI is InChI=1S/C16H14N2O5S2/c1-2-25(20,21)13-6-4-3-5-12(13)16(19)22-9-14-17-15(23-18-14)11-7-8-24-10-11/h3-8,10H,2,9H2,1H3. The summed E-state index contributed by atoms with van der Waals surface area (Å²) in [5.41, 5.74) is 0.778. The summed E-state index contributed by atoms with van der Waals surface area (Å²) >= 11 is 1.50. The van der Waals surface area contributed by atoms with E-state index in [0.29, 0.717) is 5.89 Å². The maximum atomic E-state index is 12.3. The molecule has 0 amide bonds. The molecule has 3 rings (SSSR count). The van der Waals surface area contributed by atoms with Gasteiger partial charge in [0.25, 0.3) is 5.89 Å². The minimum atomic E-state index is -3.53. The molecule has 25 heavy (non-hydrogen) atoms. The van der Waals surface area contributed by atoms with E-state index in [1.165, 1.54) is 30.4 Å². The van der Waals surface area contributed by atoms with Crippen LogP contribution in [0.4, 0.5) is 0 Å². The fourth-order valence-electron chi connectivity index (χ4n) is 2.09. The van der Waals surface area contributed by atoms with Crippen molar-refractivity contribution in [3.63, 3.8) is 0 Å². The van der Waals surface area contributed by atoms with Gasteiger partial charge in [-0.25, -0.2) is 13.2 Å². The van der Waals surface area contributed by atoms with E-state index in [-0.39, 0.29) is 28.6 Å². The van der Waals surface area contributed by atoms with Crippen molar-refractivity contribution >= 4 is 27.1 Å². The van der Waals surface area contributed by atoms with E-state index < -0.39 is 15.8 Å². The Balaban J connectivity index is 1.74. The first-order valence-electron chi connectivity index (χ1n) is 7.35. The molecular weight excluding hydrogens is 364 g/mol. The van der Waals surface area contributed by atoms with Crippen molar-refractivity contribution in [2.24, 2.45) is 0 Å². The highest BCUT2D eigenvalue weighted by molar-refractivity contribution is 7.91. The van der Waals surface area contributed by atoms with Crippen LogP contribution in [0.25, 0.3) is 11.5 Å². The second kappa shape index (κ2) is 7.16. The number of aromatic nitrogens is 2. The number of sulfone groups is 1. The summed E-state index contributed by atoms with van der Waals surface area (Å²) in [5.74, 6) is -0.326. The molecule has 0 radical (unpaired) electrons. The SMILES string of the molecule is CCS(=O)(=O)c1ccccc1C(=O)OCc1noc(-c2ccsc2)n1. The molecular formula is C16H14N2O5S2. The highest BCUT2D eigenvalue weighted by Crippen LogP contribution is 2.21. The van der Waals surface area contributed by atoms with Crippen LogP contribution in [0.5, 0.6) is 0 Å². The van der Waals surface area contributed by atoms with Crippen LogP contribution >= 0.6 is 11.3 Å². The lowest BCUT2D eigenvalue weighted by Gasteiger charge is -2.08. The van der Waals surface area contributed by atoms with E-state index in [1.54, 1.807) is 12.1 Å². The van der Waals surface area contributed by atoms with Gasteiger partial charge in [0.05, 0.1) is 21.8 Å². The van der Waals surface area contributed by atoms with E-state index in [2.05, 4.69) is 10.1 Å². The number of nitrogens with zero attached hydrogens (tertiary/aromatic N) is 2. The molecule has 0 unspecified atom stereocenters. The molecule has 0 N–H and O–H groups in total. The van der Waals surface area contributed by atoms with Crippen molar-refractivity contribution in [3.8, 4) is 11.5 Å². The Labute approximate surface area is 148 Å². The number of carbonyl (C=O) groups is 1. The van der Waals surface area contributed by atoms with Crippen LogP contribution in [-0.2, 0) is 21.2 Å². The maximum Gasteiger partial charge on any atom is 0.339 e. The van der Waals surface area contributed by atoms with Gasteiger partial charge in [0, 0.05) is 5.38 Å². The summed E-state index contributed by atoms with van der Waals surface area (Å²) in [5, 5.41) is 7.48. The van der Waals surface area contributed by atoms with Crippen LogP contribution in [0.1, 0.15) is 23.1 Å². The van der Waals surface area contributed by atoms with Crippen molar-refractivity contribution in [3.05, 3.63) is 52.5 Å². The van der Waals surface area contributed by atoms with Gasteiger partial charge in [-0.2, -0.15) is 16.3 Å². The average Bonchev–Trinajstić information content (AvgIpc) is 3.31. The molecule has 0 spiro atoms. The third-order valence-electron chi connectivity index (χ3n) is 3.39. The minimum absolute atomic E-state index is 0.00842. The maximum absolute atomic E-state index is 12.3. The molecule has 9 heteroatoms. The lowest BCUT2D eigenvalue weighted by atomic mass is 10.2. The summed E-state index contributed by atoms with van der Waals surface area (Å²) in [6.07, 6.45) is 0. The molecule has 2 heterocycles. The Bertz CT molecular complexity index is 978. The molecule has 0 aliphatic rings. The summed E-state index contributed by atoms with van der Waals surface area (Å²) in [6.45, 7) is 1.30. The Morgan fingerprint density at radius 1 is 1.28 bits per heavy atom. The molecule has 1 aromatic carbocycles. The number of thiophene rings is 1. The first kappa shape index (κ1) is 17.3. The van der Waals surface area contributed by atoms with Crippen molar-refractivity contribution < 1.29 is 22.5 Å². The molecule has 0 bridgehead atoms. The van der Waals surface area contributed by atoms with Gasteiger partial charge in [-0.1, -0.05) is 24.2 Å². The van der Waals surface area contributed by atoms with Crippen LogP contribution < -0.4 is 0 Å². The Morgan fingerprint density at radius 2 is 2.08 bits per heavy atom. The highest BCUT2D eigenvalue weighted by Gasteiger charge is 2.22. The van der Waals surface area contributed by atoms with Gasteiger partial charge in [0.15, 0.2) is 16.4 Å². The van der Waals surface area contributed by atoms with Crippen LogP contribution in [0.2, 0.25) is 0 Å². The van der Waals surface area contributed by atoms with Gasteiger partial charge < -0.3 is 9.26 Å². The molecule has 0 saturated carbocycles. The number of hydrogen-bond donors (Lipinski definition) is 0. The zero-order chi connectivity index (χ0) is 17.9. The molecule has 2 aromatic heterocycles. The first-order valence-corrected chi connectivity index (χ1v) is 9.95. The third kappa shape index (κ3) is 3.77. The summed E-state index contributed by atoms with van der Waals surface area (Å²) < 4.78 is 34.4. The second-order valence-corrected chi connectivity index (χ2v) is 8.03. The number of rotatable bonds is 6. The molecule has 0 aliphatic carbocycles. The average molecular weight is 378 g/mol. The van der Waals surface area contributed by atoms with Crippen LogP contribution in [0.15, 0.2) is 50.5 Å². The van der Waals surface area contributed by atoms with Crippen LogP contribution in [0.3, 0.4) is 0 Å². The van der Waals surface area contributed by atoms with Gasteiger partial charge in [-0.15, -0.1) is 0 Å². The smallest absolute Gasteiger partial charge is 0.339 e. The monoisotopic (exact) mass is 378 g/mol. The van der Waals surface area contributed by atoms with E-state index in [0.717, 1.165) is 5.56 Å². The van der Waals surface area contributed by atoms with Crippen LogP contribution in [-0.4, -0.2) is 30.3 Å². The van der Waals surface area contributed by atoms with Crippen molar-refractivity contribution in [1.82, 2.24) is 10.1 Å². The predicted molar refractivity (Wildman–Crippen MR) is 90.9 cm³/mol. The van der Waals surface area contributed by atoms with Gasteiger partial charge in [-0.3, -0.25) is 0 Å². The highest BCUT2D eigenvalue weighted by atomic mass is 32.2. The molecule has 0 saturated heterocycles. The van der Waals surface area contributed by atoms with Crippen molar-refractivity contribution in [2.45, 2.75) is 18.4 Å². The summed E-state index contributed by atoms with van der Waals surface area (Å²) in [4.78, 5) is 16.4. The molecule has 0 atom stereocenters. The third-order valence-corrected chi connectivity index (χ3v) is 5.86. The fourth-order valence-corrected chi connectivity index (χ4v) is 3.80. The Morgan fingerprint density at radius 3 is 2.80 bits per heavy atom. The van der Waals surface area contributed by atoms with Crippen molar-refractivity contribution in [2.75, 3.05) is 5.75 Å². The van der Waals surface area contributed by atoms with Gasteiger partial charge in [-0.05, 0) is 23.6 Å². The van der Waals surface area contributed by atoms with Gasteiger partial charge >= 0.3 is 5.97 Å². The number of ether oxygens (including phenoxy) is 1. The number of benzene rings is 1. The molecule has 0 fully saturated rings. The van der Waals surface area contributed by atoms with E-state index in [9.17, 15) is 13.2 Å². The van der Waals surface area contributed by atoms with Gasteiger partial charge in [0.2, 0.25) is 5.82 Å². The molecule has 7 nitrogen and oxygen atoms in total.